The maximum Gasteiger partial charge on any atom is 0.191 e. The van der Waals surface area contributed by atoms with Gasteiger partial charge in [0, 0.05) is 18.0 Å². The molecule has 6 heteroatoms. The highest BCUT2D eigenvalue weighted by Gasteiger charge is 2.07. The van der Waals surface area contributed by atoms with E-state index in [-0.39, 0.29) is 5.75 Å². The largest absolute Gasteiger partial charge is 0.504 e. The molecule has 25 heavy (non-hydrogen) atoms. The molecular weight excluding hydrogens is 334 g/mol. The first-order valence-corrected chi connectivity index (χ1v) is 9.40. The van der Waals surface area contributed by atoms with Crippen LogP contribution in [0.1, 0.15) is 24.3 Å². The van der Waals surface area contributed by atoms with E-state index in [1.165, 1.54) is 12.0 Å². The van der Waals surface area contributed by atoms with Gasteiger partial charge in [0.2, 0.25) is 0 Å². The third kappa shape index (κ3) is 6.31. The standard InChI is InChI=1S/C19H27N3O2S/c1-4-20-19(21-12-14(2)10-16-6-5-9-25-16)22-13-15-7-8-18(24-3)17(23)11-15/h5-9,11,14,23H,4,10,12-13H2,1-3H3,(H2,20,21,22). The Bertz CT molecular complexity index is 671. The van der Waals surface area contributed by atoms with Crippen LogP contribution in [-0.2, 0) is 13.0 Å². The fourth-order valence-electron chi connectivity index (χ4n) is 2.46. The summed E-state index contributed by atoms with van der Waals surface area (Å²) in [7, 11) is 1.54. The summed E-state index contributed by atoms with van der Waals surface area (Å²) in [4.78, 5) is 6.00. The molecule has 0 aliphatic heterocycles. The molecule has 1 atom stereocenters. The summed E-state index contributed by atoms with van der Waals surface area (Å²) in [5, 5.41) is 18.6. The first kappa shape index (κ1) is 19.1. The number of phenolic OH excluding ortho intramolecular Hbond substituents is 1. The minimum absolute atomic E-state index is 0.137. The van der Waals surface area contributed by atoms with Crippen LogP contribution in [-0.4, -0.2) is 31.3 Å². The van der Waals surface area contributed by atoms with Gasteiger partial charge in [-0.2, -0.15) is 0 Å². The molecule has 0 spiro atoms. The minimum atomic E-state index is 0.137. The van der Waals surface area contributed by atoms with E-state index in [1.807, 2.05) is 13.0 Å². The average molecular weight is 362 g/mol. The van der Waals surface area contributed by atoms with Crippen molar-refractivity contribution < 1.29 is 9.84 Å². The zero-order chi connectivity index (χ0) is 18.1. The van der Waals surface area contributed by atoms with Gasteiger partial charge in [-0.25, -0.2) is 4.99 Å². The molecule has 0 saturated heterocycles. The van der Waals surface area contributed by atoms with Gasteiger partial charge in [-0.3, -0.25) is 0 Å². The van der Waals surface area contributed by atoms with E-state index in [0.717, 1.165) is 31.0 Å². The van der Waals surface area contributed by atoms with Crippen LogP contribution in [0.15, 0.2) is 40.7 Å². The molecule has 0 fully saturated rings. The number of hydrogen-bond donors (Lipinski definition) is 3. The van der Waals surface area contributed by atoms with Crippen molar-refractivity contribution in [3.8, 4) is 11.5 Å². The van der Waals surface area contributed by atoms with Crippen LogP contribution in [0.25, 0.3) is 0 Å². The Morgan fingerprint density at radius 1 is 1.32 bits per heavy atom. The van der Waals surface area contributed by atoms with E-state index in [9.17, 15) is 5.11 Å². The summed E-state index contributed by atoms with van der Waals surface area (Å²) in [6.07, 6.45) is 1.07. The highest BCUT2D eigenvalue weighted by Crippen LogP contribution is 2.26. The fraction of sp³-hybridized carbons (Fsp3) is 0.421. The predicted molar refractivity (Wildman–Crippen MR) is 105 cm³/mol. The Morgan fingerprint density at radius 2 is 2.16 bits per heavy atom. The summed E-state index contributed by atoms with van der Waals surface area (Å²) < 4.78 is 5.06. The maximum atomic E-state index is 9.85. The van der Waals surface area contributed by atoms with Gasteiger partial charge in [-0.1, -0.05) is 19.1 Å². The van der Waals surface area contributed by atoms with Gasteiger partial charge in [0.25, 0.3) is 0 Å². The number of nitrogens with one attached hydrogen (secondary N) is 2. The van der Waals surface area contributed by atoms with Crippen molar-refractivity contribution in [3.05, 3.63) is 46.2 Å². The maximum absolute atomic E-state index is 9.85. The molecule has 0 bridgehead atoms. The van der Waals surface area contributed by atoms with E-state index in [0.29, 0.717) is 18.2 Å². The zero-order valence-corrected chi connectivity index (χ0v) is 15.9. The number of benzene rings is 1. The van der Waals surface area contributed by atoms with E-state index < -0.39 is 0 Å². The molecule has 5 nitrogen and oxygen atoms in total. The second kappa shape index (κ2) is 9.93. The number of ether oxygens (including phenoxy) is 1. The molecule has 2 aromatic rings. The van der Waals surface area contributed by atoms with Crippen molar-refractivity contribution in [1.29, 1.82) is 0 Å². The van der Waals surface area contributed by atoms with Gasteiger partial charge in [-0.05, 0) is 48.4 Å². The molecule has 1 unspecified atom stereocenters. The number of hydrogen-bond acceptors (Lipinski definition) is 4. The molecule has 0 aliphatic carbocycles. The van der Waals surface area contributed by atoms with E-state index in [4.69, 9.17) is 4.74 Å². The van der Waals surface area contributed by atoms with Crippen molar-refractivity contribution in [1.82, 2.24) is 10.6 Å². The highest BCUT2D eigenvalue weighted by molar-refractivity contribution is 7.09. The van der Waals surface area contributed by atoms with E-state index >= 15 is 0 Å². The van der Waals surface area contributed by atoms with Crippen LogP contribution in [0.3, 0.4) is 0 Å². The van der Waals surface area contributed by atoms with Crippen LogP contribution in [0.4, 0.5) is 0 Å². The van der Waals surface area contributed by atoms with E-state index in [1.54, 1.807) is 23.5 Å². The number of nitrogens with zero attached hydrogens (tertiary/aromatic N) is 1. The normalized spacial score (nSPS) is 12.7. The minimum Gasteiger partial charge on any atom is -0.504 e. The molecule has 1 aromatic heterocycles. The fourth-order valence-corrected chi connectivity index (χ4v) is 3.33. The lowest BCUT2D eigenvalue weighted by Crippen LogP contribution is -2.39. The van der Waals surface area contributed by atoms with Gasteiger partial charge in [0.05, 0.1) is 13.7 Å². The molecule has 1 aromatic carbocycles. The summed E-state index contributed by atoms with van der Waals surface area (Å²) in [5.74, 6) is 1.92. The Morgan fingerprint density at radius 3 is 2.80 bits per heavy atom. The molecule has 136 valence electrons. The number of phenols is 1. The van der Waals surface area contributed by atoms with Crippen molar-refractivity contribution in [3.63, 3.8) is 0 Å². The first-order valence-electron chi connectivity index (χ1n) is 8.52. The Labute approximate surface area is 153 Å². The third-order valence-corrected chi connectivity index (χ3v) is 4.65. The Balaban J connectivity index is 1.90. The number of aliphatic imine (C=N–C) groups is 1. The number of aromatic hydroxyl groups is 1. The van der Waals surface area contributed by atoms with Crippen molar-refractivity contribution >= 4 is 17.3 Å². The molecule has 0 amide bonds. The lowest BCUT2D eigenvalue weighted by molar-refractivity contribution is 0.373. The van der Waals surface area contributed by atoms with E-state index in [2.05, 4.69) is 40.1 Å². The second-order valence-electron chi connectivity index (χ2n) is 5.97. The highest BCUT2D eigenvalue weighted by atomic mass is 32.1. The van der Waals surface area contributed by atoms with Gasteiger partial charge < -0.3 is 20.5 Å². The average Bonchev–Trinajstić information content (AvgIpc) is 3.10. The summed E-state index contributed by atoms with van der Waals surface area (Å²) in [5.41, 5.74) is 0.933. The number of guanidine groups is 1. The quantitative estimate of drug-likeness (QED) is 0.498. The number of thiophene rings is 1. The van der Waals surface area contributed by atoms with Gasteiger partial charge in [-0.15, -0.1) is 11.3 Å². The summed E-state index contributed by atoms with van der Waals surface area (Å²) >= 11 is 1.80. The summed E-state index contributed by atoms with van der Waals surface area (Å²) in [6.45, 7) is 6.44. The topological polar surface area (TPSA) is 65.9 Å². The lowest BCUT2D eigenvalue weighted by atomic mass is 10.1. The van der Waals surface area contributed by atoms with Crippen LogP contribution in [0.5, 0.6) is 11.5 Å². The monoisotopic (exact) mass is 361 g/mol. The summed E-state index contributed by atoms with van der Waals surface area (Å²) in [6, 6.07) is 9.62. The Hall–Kier alpha value is -2.21. The SMILES string of the molecule is CCNC(=NCc1ccc(OC)c(O)c1)NCC(C)Cc1cccs1. The van der Waals surface area contributed by atoms with Crippen molar-refractivity contribution in [2.45, 2.75) is 26.8 Å². The predicted octanol–water partition coefficient (Wildman–Crippen LogP) is 3.40. The first-order chi connectivity index (χ1) is 12.1. The zero-order valence-electron chi connectivity index (χ0n) is 15.1. The van der Waals surface area contributed by atoms with Gasteiger partial charge in [0.1, 0.15) is 0 Å². The smallest absolute Gasteiger partial charge is 0.191 e. The third-order valence-electron chi connectivity index (χ3n) is 3.75. The molecule has 1 heterocycles. The van der Waals surface area contributed by atoms with Crippen LogP contribution < -0.4 is 15.4 Å². The van der Waals surface area contributed by atoms with Gasteiger partial charge in [0.15, 0.2) is 17.5 Å². The molecule has 0 radical (unpaired) electrons. The molecular formula is C19H27N3O2S. The Kier molecular flexibility index (Phi) is 7.60. The van der Waals surface area contributed by atoms with Gasteiger partial charge >= 0.3 is 0 Å². The number of methoxy groups -OCH3 is 1. The van der Waals surface area contributed by atoms with Crippen LogP contribution >= 0.6 is 11.3 Å². The molecule has 0 aliphatic rings. The lowest BCUT2D eigenvalue weighted by Gasteiger charge is -2.15. The second-order valence-corrected chi connectivity index (χ2v) is 7.00. The molecule has 0 saturated carbocycles. The molecule has 2 rings (SSSR count). The number of rotatable bonds is 8. The van der Waals surface area contributed by atoms with Crippen LogP contribution in [0.2, 0.25) is 0 Å². The van der Waals surface area contributed by atoms with Crippen molar-refractivity contribution in [2.75, 3.05) is 20.2 Å². The van der Waals surface area contributed by atoms with Crippen molar-refractivity contribution in [2.24, 2.45) is 10.9 Å². The van der Waals surface area contributed by atoms with Crippen LogP contribution in [0, 0.1) is 5.92 Å². The molecule has 3 N–H and O–H groups in total.